The molecule has 5 heteroatoms. The number of hydrogen-bond donors (Lipinski definition) is 1. The van der Waals surface area contributed by atoms with Crippen molar-refractivity contribution >= 4 is 22.4 Å². The first-order valence-electron chi connectivity index (χ1n) is 5.07. The van der Waals surface area contributed by atoms with Gasteiger partial charge in [0, 0.05) is 5.92 Å². The maximum atomic E-state index is 11.5. The third kappa shape index (κ3) is 1.97. The number of anilines is 1. The molecule has 0 radical (unpaired) electrons. The van der Waals surface area contributed by atoms with Crippen LogP contribution < -0.4 is 5.73 Å². The molecule has 0 amide bonds. The summed E-state index contributed by atoms with van der Waals surface area (Å²) in [6, 6.07) is 0. The lowest BCUT2D eigenvalue weighted by Crippen LogP contribution is -2.05. The zero-order valence-electron chi connectivity index (χ0n) is 8.66. The van der Waals surface area contributed by atoms with Gasteiger partial charge in [-0.25, -0.2) is 9.78 Å². The van der Waals surface area contributed by atoms with Crippen LogP contribution in [0.1, 0.15) is 47.0 Å². The van der Waals surface area contributed by atoms with Gasteiger partial charge in [0.25, 0.3) is 0 Å². The van der Waals surface area contributed by atoms with Crippen LogP contribution in [0.5, 0.6) is 0 Å². The molecule has 2 rings (SSSR count). The predicted molar refractivity (Wildman–Crippen MR) is 59.1 cm³/mol. The molecular weight excluding hydrogens is 212 g/mol. The maximum Gasteiger partial charge on any atom is 0.350 e. The van der Waals surface area contributed by atoms with Crippen molar-refractivity contribution in [1.82, 2.24) is 4.98 Å². The molecule has 82 valence electrons. The Labute approximate surface area is 92.5 Å². The van der Waals surface area contributed by atoms with Crippen molar-refractivity contribution in [3.63, 3.8) is 0 Å². The molecule has 1 aliphatic rings. The number of nitrogens with two attached hydrogens (primary N) is 1. The van der Waals surface area contributed by atoms with E-state index >= 15 is 0 Å². The van der Waals surface area contributed by atoms with E-state index in [0.29, 0.717) is 15.9 Å². The van der Waals surface area contributed by atoms with E-state index in [1.807, 2.05) is 0 Å². The Morgan fingerprint density at radius 3 is 2.80 bits per heavy atom. The van der Waals surface area contributed by atoms with E-state index in [9.17, 15) is 4.79 Å². The SMILES string of the molecule is COC(=O)c1sc(N)nc1C1CCCC1. The quantitative estimate of drug-likeness (QED) is 0.785. The Kier molecular flexibility index (Phi) is 2.90. The summed E-state index contributed by atoms with van der Waals surface area (Å²) in [6.45, 7) is 0. The minimum atomic E-state index is -0.314. The van der Waals surface area contributed by atoms with Crippen molar-refractivity contribution in [3.8, 4) is 0 Å². The normalized spacial score (nSPS) is 16.9. The number of thiazole rings is 1. The van der Waals surface area contributed by atoms with Gasteiger partial charge in [0.2, 0.25) is 0 Å². The van der Waals surface area contributed by atoms with E-state index in [-0.39, 0.29) is 5.97 Å². The number of nitrogen functional groups attached to an aromatic ring is 1. The van der Waals surface area contributed by atoms with E-state index < -0.39 is 0 Å². The van der Waals surface area contributed by atoms with Crippen molar-refractivity contribution in [2.45, 2.75) is 31.6 Å². The lowest BCUT2D eigenvalue weighted by atomic mass is 10.0. The standard InChI is InChI=1S/C10H14N2O2S/c1-14-9(13)8-7(12-10(11)15-8)6-4-2-3-5-6/h6H,2-5H2,1H3,(H2,11,12). The highest BCUT2D eigenvalue weighted by atomic mass is 32.1. The van der Waals surface area contributed by atoms with Gasteiger partial charge in [0.1, 0.15) is 4.88 Å². The molecule has 0 saturated heterocycles. The van der Waals surface area contributed by atoms with E-state index in [2.05, 4.69) is 4.98 Å². The minimum Gasteiger partial charge on any atom is -0.465 e. The van der Waals surface area contributed by atoms with Crippen LogP contribution in [0, 0.1) is 0 Å². The molecule has 0 aromatic carbocycles. The number of ether oxygens (including phenoxy) is 1. The highest BCUT2D eigenvalue weighted by Crippen LogP contribution is 2.37. The second-order valence-electron chi connectivity index (χ2n) is 3.74. The number of rotatable bonds is 2. The van der Waals surface area contributed by atoms with Gasteiger partial charge in [-0.15, -0.1) is 0 Å². The molecule has 15 heavy (non-hydrogen) atoms. The summed E-state index contributed by atoms with van der Waals surface area (Å²) in [5.41, 5.74) is 6.49. The van der Waals surface area contributed by atoms with Crippen molar-refractivity contribution < 1.29 is 9.53 Å². The number of hydrogen-bond acceptors (Lipinski definition) is 5. The third-order valence-corrected chi connectivity index (χ3v) is 3.66. The highest BCUT2D eigenvalue weighted by Gasteiger charge is 2.26. The molecule has 1 aliphatic carbocycles. The Hall–Kier alpha value is -1.10. The van der Waals surface area contributed by atoms with Crippen LogP contribution >= 0.6 is 11.3 Å². The Morgan fingerprint density at radius 2 is 2.20 bits per heavy atom. The number of esters is 1. The zero-order valence-corrected chi connectivity index (χ0v) is 9.47. The van der Waals surface area contributed by atoms with Gasteiger partial charge in [-0.05, 0) is 12.8 Å². The molecule has 1 fully saturated rings. The smallest absolute Gasteiger partial charge is 0.350 e. The first-order valence-corrected chi connectivity index (χ1v) is 5.88. The van der Waals surface area contributed by atoms with Gasteiger partial charge >= 0.3 is 5.97 Å². The fourth-order valence-corrected chi connectivity index (χ4v) is 2.90. The lowest BCUT2D eigenvalue weighted by Gasteiger charge is -2.06. The number of carbonyl (C=O) groups excluding carboxylic acids is 1. The molecular formula is C10H14N2O2S. The summed E-state index contributed by atoms with van der Waals surface area (Å²) in [6.07, 6.45) is 4.63. The fourth-order valence-electron chi connectivity index (χ4n) is 2.06. The maximum absolute atomic E-state index is 11.5. The van der Waals surface area contributed by atoms with Crippen LogP contribution in [0.4, 0.5) is 5.13 Å². The molecule has 0 unspecified atom stereocenters. The fraction of sp³-hybridized carbons (Fsp3) is 0.600. The molecule has 2 N–H and O–H groups in total. The van der Waals surface area contributed by atoms with Gasteiger partial charge < -0.3 is 10.5 Å². The van der Waals surface area contributed by atoms with Crippen molar-refractivity contribution in [1.29, 1.82) is 0 Å². The molecule has 1 saturated carbocycles. The Balaban J connectivity index is 2.32. The van der Waals surface area contributed by atoms with Gasteiger partial charge in [-0.2, -0.15) is 0 Å². The molecule has 0 bridgehead atoms. The van der Waals surface area contributed by atoms with E-state index in [1.54, 1.807) is 0 Å². The largest absolute Gasteiger partial charge is 0.465 e. The van der Waals surface area contributed by atoms with Crippen molar-refractivity contribution in [2.75, 3.05) is 12.8 Å². The summed E-state index contributed by atoms with van der Waals surface area (Å²) >= 11 is 1.23. The van der Waals surface area contributed by atoms with E-state index in [1.165, 1.54) is 31.3 Å². The molecule has 0 aliphatic heterocycles. The van der Waals surface area contributed by atoms with Crippen molar-refractivity contribution in [3.05, 3.63) is 10.6 Å². The van der Waals surface area contributed by atoms with Crippen LogP contribution in [-0.2, 0) is 4.74 Å². The van der Waals surface area contributed by atoms with Gasteiger partial charge in [0.05, 0.1) is 12.8 Å². The number of aromatic nitrogens is 1. The summed E-state index contributed by atoms with van der Waals surface area (Å²) < 4.78 is 4.73. The zero-order chi connectivity index (χ0) is 10.8. The summed E-state index contributed by atoms with van der Waals surface area (Å²) in [7, 11) is 1.39. The van der Waals surface area contributed by atoms with E-state index in [4.69, 9.17) is 10.5 Å². The minimum absolute atomic E-state index is 0.314. The molecule has 4 nitrogen and oxygen atoms in total. The van der Waals surface area contributed by atoms with Crippen LogP contribution in [-0.4, -0.2) is 18.1 Å². The summed E-state index contributed by atoms with van der Waals surface area (Å²) in [5, 5.41) is 0.456. The average Bonchev–Trinajstić information content (AvgIpc) is 2.84. The molecule has 0 atom stereocenters. The monoisotopic (exact) mass is 226 g/mol. The van der Waals surface area contributed by atoms with Gasteiger partial charge in [0.15, 0.2) is 5.13 Å². The third-order valence-electron chi connectivity index (χ3n) is 2.78. The Morgan fingerprint density at radius 1 is 1.53 bits per heavy atom. The number of carbonyl (C=O) groups is 1. The van der Waals surface area contributed by atoms with Crippen LogP contribution in [0.15, 0.2) is 0 Å². The molecule has 1 heterocycles. The summed E-state index contributed by atoms with van der Waals surface area (Å²) in [4.78, 5) is 16.3. The predicted octanol–water partition coefficient (Wildman–Crippen LogP) is 2.17. The first-order chi connectivity index (χ1) is 7.22. The van der Waals surface area contributed by atoms with Crippen LogP contribution in [0.25, 0.3) is 0 Å². The van der Waals surface area contributed by atoms with Gasteiger partial charge in [-0.1, -0.05) is 24.2 Å². The first kappa shape index (κ1) is 10.4. The molecule has 1 aromatic rings. The lowest BCUT2D eigenvalue weighted by molar-refractivity contribution is 0.0604. The second kappa shape index (κ2) is 4.18. The number of nitrogens with zero attached hydrogens (tertiary/aromatic N) is 1. The second-order valence-corrected chi connectivity index (χ2v) is 4.77. The Bertz CT molecular complexity index is 369. The average molecular weight is 226 g/mol. The summed E-state index contributed by atoms with van der Waals surface area (Å²) in [5.74, 6) is 0.0822. The number of methoxy groups -OCH3 is 1. The van der Waals surface area contributed by atoms with Gasteiger partial charge in [-0.3, -0.25) is 0 Å². The van der Waals surface area contributed by atoms with Crippen LogP contribution in [0.3, 0.4) is 0 Å². The molecule has 1 aromatic heterocycles. The highest BCUT2D eigenvalue weighted by molar-refractivity contribution is 7.17. The van der Waals surface area contributed by atoms with E-state index in [0.717, 1.165) is 18.5 Å². The molecule has 0 spiro atoms. The van der Waals surface area contributed by atoms with Crippen molar-refractivity contribution in [2.24, 2.45) is 0 Å². The topological polar surface area (TPSA) is 65.2 Å². The van der Waals surface area contributed by atoms with Crippen LogP contribution in [0.2, 0.25) is 0 Å².